The zero-order valence-electron chi connectivity index (χ0n) is 20.9. The van der Waals surface area contributed by atoms with Crippen molar-refractivity contribution in [2.45, 2.75) is 50.1 Å². The molecule has 0 radical (unpaired) electrons. The molecule has 2 aromatic rings. The van der Waals surface area contributed by atoms with Gasteiger partial charge in [-0.3, -0.25) is 4.79 Å². The Kier molecular flexibility index (Phi) is 7.67. The van der Waals surface area contributed by atoms with Gasteiger partial charge in [0.25, 0.3) is 0 Å². The van der Waals surface area contributed by atoms with Crippen LogP contribution in [-0.4, -0.2) is 56.6 Å². The van der Waals surface area contributed by atoms with Crippen LogP contribution in [0.5, 0.6) is 0 Å². The van der Waals surface area contributed by atoms with Crippen molar-refractivity contribution in [1.29, 1.82) is 0 Å². The van der Waals surface area contributed by atoms with E-state index in [-0.39, 0.29) is 17.4 Å². The van der Waals surface area contributed by atoms with Crippen LogP contribution in [0.1, 0.15) is 49.8 Å². The molecule has 1 unspecified atom stereocenters. The zero-order chi connectivity index (χ0) is 25.1. The quantitative estimate of drug-likeness (QED) is 0.596. The summed E-state index contributed by atoms with van der Waals surface area (Å²) >= 11 is 0. The Bertz CT molecular complexity index is 1140. The number of nitrogens with zero attached hydrogens (tertiary/aromatic N) is 2. The Morgan fingerprint density at radius 3 is 2.26 bits per heavy atom. The summed E-state index contributed by atoms with van der Waals surface area (Å²) in [5.41, 5.74) is 3.66. The average molecular weight is 496 g/mol. The van der Waals surface area contributed by atoms with E-state index >= 15 is 0 Å². The number of carbonyl (C=O) groups excluding carboxylic acids is 1. The van der Waals surface area contributed by atoms with Crippen molar-refractivity contribution >= 4 is 15.7 Å². The van der Waals surface area contributed by atoms with Gasteiger partial charge in [0.1, 0.15) is 0 Å². The minimum Gasteiger partial charge on any atom is -0.370 e. The fourth-order valence-electron chi connectivity index (χ4n) is 5.51. The molecule has 1 atom stereocenters. The maximum Gasteiger partial charge on any atom is 0.217 e. The molecule has 1 spiro atoms. The van der Waals surface area contributed by atoms with E-state index in [0.29, 0.717) is 4.90 Å². The first-order valence-electron chi connectivity index (χ1n) is 12.4. The van der Waals surface area contributed by atoms with Crippen molar-refractivity contribution in [1.82, 2.24) is 15.1 Å². The molecule has 2 aliphatic heterocycles. The Morgan fingerprint density at radius 2 is 1.66 bits per heavy atom. The minimum atomic E-state index is -3.17. The lowest BCUT2D eigenvalue weighted by Gasteiger charge is -2.41. The first kappa shape index (κ1) is 25.5. The van der Waals surface area contributed by atoms with E-state index in [1.165, 1.54) is 12.0 Å². The van der Waals surface area contributed by atoms with E-state index in [9.17, 15) is 13.2 Å². The number of amides is 1. The molecular weight excluding hydrogens is 458 g/mol. The fourth-order valence-corrected chi connectivity index (χ4v) is 6.14. The molecule has 2 heterocycles. The number of hydrogen-bond acceptors (Lipinski definition) is 5. The number of piperidine rings is 1. The maximum absolute atomic E-state index is 11.7. The van der Waals surface area contributed by atoms with Crippen LogP contribution in [0.25, 0.3) is 0 Å². The second-order valence-electron chi connectivity index (χ2n) is 10.1. The molecule has 2 fully saturated rings. The normalized spacial score (nSPS) is 19.1. The lowest BCUT2D eigenvalue weighted by Crippen LogP contribution is -2.41. The van der Waals surface area contributed by atoms with Gasteiger partial charge in [0, 0.05) is 43.9 Å². The molecule has 2 saturated heterocycles. The van der Waals surface area contributed by atoms with Gasteiger partial charge in [-0.2, -0.15) is 0 Å². The largest absolute Gasteiger partial charge is 0.370 e. The van der Waals surface area contributed by atoms with E-state index in [1.54, 1.807) is 19.1 Å². The third kappa shape index (κ3) is 6.14. The molecule has 0 bridgehead atoms. The van der Waals surface area contributed by atoms with Crippen LogP contribution in [0.2, 0.25) is 0 Å². The van der Waals surface area contributed by atoms with Crippen molar-refractivity contribution < 1.29 is 13.2 Å². The van der Waals surface area contributed by atoms with Crippen LogP contribution in [0.3, 0.4) is 0 Å². The number of carbonyl (C=O) groups is 1. The van der Waals surface area contributed by atoms with Gasteiger partial charge >= 0.3 is 0 Å². The summed E-state index contributed by atoms with van der Waals surface area (Å²) in [6, 6.07) is 17.5. The van der Waals surface area contributed by atoms with Gasteiger partial charge in [0.15, 0.2) is 9.84 Å². The maximum atomic E-state index is 11.7. The van der Waals surface area contributed by atoms with E-state index < -0.39 is 9.84 Å². The fraction of sp³-hybridized carbons (Fsp3) is 0.464. The number of benzene rings is 2. The highest BCUT2D eigenvalue weighted by Gasteiger charge is 2.43. The van der Waals surface area contributed by atoms with E-state index in [1.807, 2.05) is 30.3 Å². The molecular formula is C28H37N3O3S. The topological polar surface area (TPSA) is 69.7 Å². The van der Waals surface area contributed by atoms with Gasteiger partial charge in [0.05, 0.1) is 10.9 Å². The summed E-state index contributed by atoms with van der Waals surface area (Å²) in [6.07, 6.45) is 5.46. The molecule has 188 valence electrons. The molecule has 1 N–H and O–H groups in total. The number of hydrogen-bond donors (Lipinski definition) is 1. The third-order valence-electron chi connectivity index (χ3n) is 7.71. The van der Waals surface area contributed by atoms with Gasteiger partial charge in [0.2, 0.25) is 5.91 Å². The average Bonchev–Trinajstić information content (AvgIpc) is 3.12. The number of rotatable bonds is 8. The van der Waals surface area contributed by atoms with Crippen molar-refractivity contribution in [3.05, 3.63) is 78.0 Å². The molecule has 1 amide bonds. The van der Waals surface area contributed by atoms with Crippen molar-refractivity contribution in [2.24, 2.45) is 5.41 Å². The summed E-state index contributed by atoms with van der Waals surface area (Å²) in [6.45, 7) is 10.9. The van der Waals surface area contributed by atoms with Crippen LogP contribution >= 0.6 is 0 Å². The Morgan fingerprint density at radius 1 is 1.03 bits per heavy atom. The Hall–Kier alpha value is -2.64. The molecule has 0 aliphatic carbocycles. The zero-order valence-corrected chi connectivity index (χ0v) is 21.7. The summed E-state index contributed by atoms with van der Waals surface area (Å²) in [5.74, 6) is 0.00440. The van der Waals surface area contributed by atoms with Crippen LogP contribution < -0.4 is 5.32 Å². The van der Waals surface area contributed by atoms with Crippen LogP contribution in [0.15, 0.2) is 71.8 Å². The van der Waals surface area contributed by atoms with E-state index in [0.717, 1.165) is 69.5 Å². The predicted octanol–water partition coefficient (Wildman–Crippen LogP) is 4.16. The molecule has 4 rings (SSSR count). The summed E-state index contributed by atoms with van der Waals surface area (Å²) < 4.78 is 23.5. The van der Waals surface area contributed by atoms with Gasteiger partial charge in [-0.1, -0.05) is 49.0 Å². The first-order valence-corrected chi connectivity index (χ1v) is 14.3. The number of nitrogens with one attached hydrogen (secondary N) is 1. The minimum absolute atomic E-state index is 0.00440. The molecule has 0 aromatic heterocycles. The highest BCUT2D eigenvalue weighted by atomic mass is 32.2. The summed E-state index contributed by atoms with van der Waals surface area (Å²) in [4.78, 5) is 17.0. The Balaban J connectivity index is 1.30. The molecule has 35 heavy (non-hydrogen) atoms. The van der Waals surface area contributed by atoms with Crippen LogP contribution in [-0.2, 0) is 21.2 Å². The third-order valence-corrected chi connectivity index (χ3v) is 8.83. The van der Waals surface area contributed by atoms with Gasteiger partial charge in [-0.05, 0) is 62.0 Å². The van der Waals surface area contributed by atoms with Crippen molar-refractivity contribution in [2.75, 3.05) is 32.4 Å². The van der Waals surface area contributed by atoms with Gasteiger partial charge in [-0.15, -0.1) is 0 Å². The monoisotopic (exact) mass is 495 g/mol. The molecule has 0 saturated carbocycles. The summed E-state index contributed by atoms with van der Waals surface area (Å²) in [5, 5.41) is 3.11. The molecule has 2 aliphatic rings. The standard InChI is InChI=1S/C28H37N3O3S/c1-22-28(16-20-31(22)21-24-9-11-26(12-10-24)35(3,33)34)14-18-30(19-15-28)17-13-27(29-23(2)32)25-7-5-4-6-8-25/h4-12,27H,1,13-21H2,2-3H3,(H,29,32). The highest BCUT2D eigenvalue weighted by Crippen LogP contribution is 2.47. The Labute approximate surface area is 209 Å². The predicted molar refractivity (Wildman–Crippen MR) is 139 cm³/mol. The molecule has 7 heteroatoms. The highest BCUT2D eigenvalue weighted by molar-refractivity contribution is 7.90. The van der Waals surface area contributed by atoms with E-state index in [2.05, 4.69) is 33.8 Å². The lowest BCUT2D eigenvalue weighted by molar-refractivity contribution is -0.119. The smallest absolute Gasteiger partial charge is 0.217 e. The van der Waals surface area contributed by atoms with Crippen molar-refractivity contribution in [3.63, 3.8) is 0 Å². The van der Waals surface area contributed by atoms with Gasteiger partial charge in [-0.25, -0.2) is 8.42 Å². The van der Waals surface area contributed by atoms with Crippen LogP contribution in [0, 0.1) is 5.41 Å². The second kappa shape index (κ2) is 10.5. The number of allylic oxidation sites excluding steroid dienone is 1. The molecule has 6 nitrogen and oxygen atoms in total. The molecule has 2 aromatic carbocycles. The van der Waals surface area contributed by atoms with Gasteiger partial charge < -0.3 is 15.1 Å². The van der Waals surface area contributed by atoms with Crippen LogP contribution in [0.4, 0.5) is 0 Å². The first-order chi connectivity index (χ1) is 16.7. The number of likely N-dealkylation sites (tertiary alicyclic amines) is 2. The van der Waals surface area contributed by atoms with E-state index in [4.69, 9.17) is 0 Å². The number of sulfone groups is 1. The summed E-state index contributed by atoms with van der Waals surface area (Å²) in [7, 11) is -3.17. The SMILES string of the molecule is C=C1N(Cc2ccc(S(C)(=O)=O)cc2)CCC12CCN(CCC(NC(C)=O)c1ccccc1)CC2. The second-order valence-corrected chi connectivity index (χ2v) is 12.1. The van der Waals surface area contributed by atoms with Crippen molar-refractivity contribution in [3.8, 4) is 0 Å². The lowest BCUT2D eigenvalue weighted by atomic mass is 9.75.